The molecule has 0 saturated heterocycles. The molecule has 0 radical (unpaired) electrons. The summed E-state index contributed by atoms with van der Waals surface area (Å²) in [7, 11) is 0. The molecule has 1 amide bonds. The molecule has 2 aliphatic rings. The van der Waals surface area contributed by atoms with Crippen LogP contribution in [-0.4, -0.2) is 23.5 Å². The second kappa shape index (κ2) is 5.44. The molecule has 0 unspecified atom stereocenters. The summed E-state index contributed by atoms with van der Waals surface area (Å²) < 4.78 is 0. The molecule has 4 rings (SSSR count). The topological polar surface area (TPSA) is 45.2 Å². The Kier molecular flexibility index (Phi) is 3.29. The van der Waals surface area contributed by atoms with E-state index in [1.54, 1.807) is 12.3 Å². The summed E-state index contributed by atoms with van der Waals surface area (Å²) in [6.45, 7) is 1.80. The zero-order chi connectivity index (χ0) is 14.9. The largest absolute Gasteiger partial charge is 0.352 e. The lowest BCUT2D eigenvalue weighted by Gasteiger charge is -2.29. The maximum absolute atomic E-state index is 12.2. The van der Waals surface area contributed by atoms with E-state index >= 15 is 0 Å². The second-order valence-corrected chi connectivity index (χ2v) is 6.09. The van der Waals surface area contributed by atoms with Gasteiger partial charge >= 0.3 is 0 Å². The Morgan fingerprint density at radius 2 is 2.00 bits per heavy atom. The number of amides is 1. The van der Waals surface area contributed by atoms with Gasteiger partial charge in [0.25, 0.3) is 5.91 Å². The Balaban J connectivity index is 1.54. The summed E-state index contributed by atoms with van der Waals surface area (Å²) in [5.74, 6) is 0.904. The first kappa shape index (κ1) is 13.3. The van der Waals surface area contributed by atoms with Crippen molar-refractivity contribution in [1.82, 2.24) is 10.3 Å². The van der Waals surface area contributed by atoms with Crippen molar-refractivity contribution in [2.24, 2.45) is 0 Å². The van der Waals surface area contributed by atoms with Crippen molar-refractivity contribution < 1.29 is 4.79 Å². The third-order valence-corrected chi connectivity index (χ3v) is 4.37. The molecule has 4 heteroatoms. The fraction of sp³-hybridized carbons (Fsp3) is 0.333. The van der Waals surface area contributed by atoms with Gasteiger partial charge in [-0.3, -0.25) is 4.79 Å². The van der Waals surface area contributed by atoms with Gasteiger partial charge in [0, 0.05) is 30.9 Å². The monoisotopic (exact) mass is 293 g/mol. The average molecular weight is 293 g/mol. The first-order valence-electron chi connectivity index (χ1n) is 7.88. The van der Waals surface area contributed by atoms with Crippen molar-refractivity contribution in [2.75, 3.05) is 11.4 Å². The van der Waals surface area contributed by atoms with Crippen LogP contribution in [0.15, 0.2) is 42.6 Å². The van der Waals surface area contributed by atoms with Crippen molar-refractivity contribution in [2.45, 2.75) is 31.8 Å². The van der Waals surface area contributed by atoms with E-state index < -0.39 is 0 Å². The molecule has 1 aromatic heterocycles. The van der Waals surface area contributed by atoms with Crippen molar-refractivity contribution in [3.05, 3.63) is 59.3 Å². The van der Waals surface area contributed by atoms with Gasteiger partial charge in [-0.15, -0.1) is 0 Å². The Morgan fingerprint density at radius 3 is 2.82 bits per heavy atom. The third-order valence-electron chi connectivity index (χ3n) is 4.37. The van der Waals surface area contributed by atoms with Gasteiger partial charge in [0.1, 0.15) is 5.82 Å². The number of hydrogen-bond acceptors (Lipinski definition) is 3. The lowest BCUT2D eigenvalue weighted by Crippen LogP contribution is -2.31. The smallest absolute Gasteiger partial charge is 0.251 e. The van der Waals surface area contributed by atoms with Crippen LogP contribution in [0.2, 0.25) is 0 Å². The van der Waals surface area contributed by atoms with Crippen LogP contribution in [0.4, 0.5) is 5.82 Å². The minimum atomic E-state index is 0.0172. The number of nitrogens with zero attached hydrogens (tertiary/aromatic N) is 2. The lowest BCUT2D eigenvalue weighted by molar-refractivity contribution is 0.0951. The minimum absolute atomic E-state index is 0.0172. The highest BCUT2D eigenvalue weighted by molar-refractivity contribution is 5.95. The predicted molar refractivity (Wildman–Crippen MR) is 85.9 cm³/mol. The normalized spacial score (nSPS) is 17.0. The Hall–Kier alpha value is -2.36. The summed E-state index contributed by atoms with van der Waals surface area (Å²) in [4.78, 5) is 18.9. The molecule has 1 saturated carbocycles. The molecule has 0 bridgehead atoms. The molecule has 0 atom stereocenters. The molecule has 2 aromatic rings. The van der Waals surface area contributed by atoms with Gasteiger partial charge in [-0.1, -0.05) is 24.3 Å². The SMILES string of the molecule is O=C(NC1CC1)c1ccnc(N2CCc3ccccc3C2)c1. The van der Waals surface area contributed by atoms with Gasteiger partial charge in [0.15, 0.2) is 0 Å². The van der Waals surface area contributed by atoms with Crippen LogP contribution in [0.25, 0.3) is 0 Å². The molecule has 112 valence electrons. The van der Waals surface area contributed by atoms with Gasteiger partial charge in [0.2, 0.25) is 0 Å². The molecule has 1 aromatic carbocycles. The maximum atomic E-state index is 12.2. The van der Waals surface area contributed by atoms with E-state index in [4.69, 9.17) is 0 Å². The fourth-order valence-corrected chi connectivity index (χ4v) is 2.92. The number of aromatic nitrogens is 1. The predicted octanol–water partition coefficient (Wildman–Crippen LogP) is 2.54. The summed E-state index contributed by atoms with van der Waals surface area (Å²) >= 11 is 0. The average Bonchev–Trinajstić information content (AvgIpc) is 3.38. The minimum Gasteiger partial charge on any atom is -0.352 e. The Morgan fingerprint density at radius 1 is 1.18 bits per heavy atom. The van der Waals surface area contributed by atoms with Crippen molar-refractivity contribution in [3.63, 3.8) is 0 Å². The number of carbonyl (C=O) groups excluding carboxylic acids is 1. The standard InChI is InChI=1S/C18H19N3O/c22-18(20-16-5-6-16)14-7-9-19-17(11-14)21-10-8-13-3-1-2-4-15(13)12-21/h1-4,7,9,11,16H,5-6,8,10,12H2,(H,20,22). The van der Waals surface area contributed by atoms with Crippen LogP contribution in [-0.2, 0) is 13.0 Å². The van der Waals surface area contributed by atoms with E-state index in [2.05, 4.69) is 39.5 Å². The van der Waals surface area contributed by atoms with Crippen LogP contribution >= 0.6 is 0 Å². The number of benzene rings is 1. The number of anilines is 1. The summed E-state index contributed by atoms with van der Waals surface area (Å²) in [6.07, 6.45) is 4.97. The van der Waals surface area contributed by atoms with Crippen molar-refractivity contribution in [1.29, 1.82) is 0 Å². The van der Waals surface area contributed by atoms with Crippen LogP contribution < -0.4 is 10.2 Å². The van der Waals surface area contributed by atoms with Gasteiger partial charge in [-0.05, 0) is 42.5 Å². The highest BCUT2D eigenvalue weighted by Crippen LogP contribution is 2.24. The summed E-state index contributed by atoms with van der Waals surface area (Å²) in [6, 6.07) is 12.6. The second-order valence-electron chi connectivity index (χ2n) is 6.09. The van der Waals surface area contributed by atoms with Gasteiger partial charge in [-0.25, -0.2) is 4.98 Å². The molecular formula is C18H19N3O. The number of rotatable bonds is 3. The van der Waals surface area contributed by atoms with E-state index in [0.29, 0.717) is 11.6 Å². The summed E-state index contributed by atoms with van der Waals surface area (Å²) in [5.41, 5.74) is 3.47. The number of fused-ring (bicyclic) bond motifs is 1. The zero-order valence-corrected chi connectivity index (χ0v) is 12.5. The Labute approximate surface area is 130 Å². The first-order valence-corrected chi connectivity index (χ1v) is 7.88. The molecular weight excluding hydrogens is 274 g/mol. The fourth-order valence-electron chi connectivity index (χ4n) is 2.92. The number of carbonyl (C=O) groups is 1. The molecule has 1 aliphatic heterocycles. The van der Waals surface area contributed by atoms with E-state index in [1.165, 1.54) is 11.1 Å². The third kappa shape index (κ3) is 2.69. The molecule has 4 nitrogen and oxygen atoms in total. The van der Waals surface area contributed by atoms with Gasteiger partial charge in [-0.2, -0.15) is 0 Å². The van der Waals surface area contributed by atoms with E-state index in [-0.39, 0.29) is 5.91 Å². The highest BCUT2D eigenvalue weighted by atomic mass is 16.1. The van der Waals surface area contributed by atoms with Crippen LogP contribution in [0.1, 0.15) is 34.3 Å². The van der Waals surface area contributed by atoms with Gasteiger partial charge in [0.05, 0.1) is 0 Å². The van der Waals surface area contributed by atoms with E-state index in [0.717, 1.165) is 38.2 Å². The zero-order valence-electron chi connectivity index (χ0n) is 12.5. The van der Waals surface area contributed by atoms with Crippen LogP contribution in [0, 0.1) is 0 Å². The molecule has 1 N–H and O–H groups in total. The van der Waals surface area contributed by atoms with Crippen molar-refractivity contribution in [3.8, 4) is 0 Å². The van der Waals surface area contributed by atoms with Gasteiger partial charge < -0.3 is 10.2 Å². The van der Waals surface area contributed by atoms with Crippen LogP contribution in [0.3, 0.4) is 0 Å². The number of hydrogen-bond donors (Lipinski definition) is 1. The van der Waals surface area contributed by atoms with E-state index in [9.17, 15) is 4.79 Å². The molecule has 2 heterocycles. The highest BCUT2D eigenvalue weighted by Gasteiger charge is 2.24. The van der Waals surface area contributed by atoms with Crippen molar-refractivity contribution >= 4 is 11.7 Å². The molecule has 1 aliphatic carbocycles. The molecule has 1 fully saturated rings. The Bertz CT molecular complexity index is 709. The van der Waals surface area contributed by atoms with Crippen LogP contribution in [0.5, 0.6) is 0 Å². The summed E-state index contributed by atoms with van der Waals surface area (Å²) in [5, 5.41) is 3.03. The quantitative estimate of drug-likeness (QED) is 0.946. The lowest BCUT2D eigenvalue weighted by atomic mass is 10.00. The molecule has 22 heavy (non-hydrogen) atoms. The number of nitrogens with one attached hydrogen (secondary N) is 1. The maximum Gasteiger partial charge on any atom is 0.251 e. The molecule has 0 spiro atoms. The number of pyridine rings is 1. The van der Waals surface area contributed by atoms with E-state index in [1.807, 2.05) is 6.07 Å². The first-order chi connectivity index (χ1) is 10.8.